The zero-order chi connectivity index (χ0) is 20.5. The predicted molar refractivity (Wildman–Crippen MR) is 99.5 cm³/mol. The summed E-state index contributed by atoms with van der Waals surface area (Å²) in [5, 5.41) is -0.0411. The van der Waals surface area contributed by atoms with Crippen LogP contribution in [0.2, 0.25) is 5.15 Å². The number of benzene rings is 2. The number of aromatic nitrogens is 2. The summed E-state index contributed by atoms with van der Waals surface area (Å²) in [5.74, 6) is -0.221. The normalized spacial score (nSPS) is 12.0. The van der Waals surface area contributed by atoms with E-state index in [0.717, 1.165) is 24.0 Å². The molecule has 1 aromatic heterocycles. The first kappa shape index (κ1) is 20.1. The molecule has 0 saturated heterocycles. The number of anilines is 1. The van der Waals surface area contributed by atoms with Crippen LogP contribution in [0.1, 0.15) is 11.1 Å². The number of alkyl halides is 3. The Labute approximate surface area is 164 Å². The van der Waals surface area contributed by atoms with E-state index in [0.29, 0.717) is 11.6 Å². The molecule has 0 aliphatic rings. The van der Waals surface area contributed by atoms with E-state index < -0.39 is 26.7 Å². The van der Waals surface area contributed by atoms with E-state index >= 15 is 0 Å². The molecule has 5 nitrogen and oxygen atoms in total. The van der Waals surface area contributed by atoms with Gasteiger partial charge < -0.3 is 0 Å². The van der Waals surface area contributed by atoms with E-state index in [2.05, 4.69) is 14.7 Å². The second-order valence-corrected chi connectivity index (χ2v) is 7.86. The molecule has 3 rings (SSSR count). The van der Waals surface area contributed by atoms with Gasteiger partial charge in [-0.1, -0.05) is 53.6 Å². The first-order chi connectivity index (χ1) is 13.1. The van der Waals surface area contributed by atoms with Gasteiger partial charge in [-0.15, -0.1) is 0 Å². The highest BCUT2D eigenvalue weighted by Crippen LogP contribution is 2.36. The molecule has 0 unspecified atom stereocenters. The van der Waals surface area contributed by atoms with Crippen LogP contribution in [-0.4, -0.2) is 18.4 Å². The highest BCUT2D eigenvalue weighted by molar-refractivity contribution is 7.92. The summed E-state index contributed by atoms with van der Waals surface area (Å²) in [6.07, 6.45) is -3.82. The fourth-order valence-electron chi connectivity index (χ4n) is 2.53. The maximum Gasteiger partial charge on any atom is 0.417 e. The molecular weight excluding hydrogens is 415 g/mol. The van der Waals surface area contributed by atoms with Crippen molar-refractivity contribution in [3.05, 3.63) is 71.1 Å². The Morgan fingerprint density at radius 1 is 1.00 bits per heavy atom. The third-order valence-corrected chi connectivity index (χ3v) is 5.54. The first-order valence-corrected chi connectivity index (χ1v) is 9.72. The van der Waals surface area contributed by atoms with Crippen molar-refractivity contribution in [3.63, 3.8) is 0 Å². The topological polar surface area (TPSA) is 72.0 Å². The fourth-order valence-corrected chi connectivity index (χ4v) is 4.03. The summed E-state index contributed by atoms with van der Waals surface area (Å²) < 4.78 is 67.2. The minimum atomic E-state index is -4.84. The van der Waals surface area contributed by atoms with E-state index in [1.807, 2.05) is 6.92 Å². The molecule has 28 heavy (non-hydrogen) atoms. The Bertz CT molecular complexity index is 1120. The molecule has 0 saturated carbocycles. The number of halogens is 4. The second kappa shape index (κ2) is 7.40. The molecule has 0 radical (unpaired) electrons. The molecule has 0 amide bonds. The number of sulfonamides is 1. The molecule has 0 aliphatic heterocycles. The Kier molecular flexibility index (Phi) is 5.31. The van der Waals surface area contributed by atoms with Gasteiger partial charge in [-0.25, -0.2) is 18.4 Å². The van der Waals surface area contributed by atoms with Gasteiger partial charge >= 0.3 is 6.18 Å². The van der Waals surface area contributed by atoms with E-state index in [4.69, 9.17) is 11.6 Å². The van der Waals surface area contributed by atoms with Crippen LogP contribution in [0.25, 0.3) is 11.1 Å². The standard InChI is InChI=1S/C18H13ClF3N3O2S/c1-11-6-8-12(9-7-11)15-16(19)23-10-24-17(15)25-28(26,27)14-5-3-2-4-13(14)18(20,21)22/h2-10H,1H3,(H,23,24,25). The van der Waals surface area contributed by atoms with E-state index in [1.54, 1.807) is 24.3 Å². The van der Waals surface area contributed by atoms with Crippen LogP contribution in [0.5, 0.6) is 0 Å². The summed E-state index contributed by atoms with van der Waals surface area (Å²) in [6, 6.07) is 10.8. The number of rotatable bonds is 4. The summed E-state index contributed by atoms with van der Waals surface area (Å²) in [6.45, 7) is 1.87. The third-order valence-electron chi connectivity index (χ3n) is 3.85. The smallest absolute Gasteiger partial charge is 0.263 e. The molecule has 0 aliphatic carbocycles. The molecule has 0 bridgehead atoms. The Morgan fingerprint density at radius 2 is 1.64 bits per heavy atom. The van der Waals surface area contributed by atoms with Gasteiger partial charge in [0.2, 0.25) is 0 Å². The monoisotopic (exact) mass is 427 g/mol. The van der Waals surface area contributed by atoms with Crippen molar-refractivity contribution in [3.8, 4) is 11.1 Å². The van der Waals surface area contributed by atoms with Crippen molar-refractivity contribution in [2.24, 2.45) is 0 Å². The number of aryl methyl sites for hydroxylation is 1. The minimum Gasteiger partial charge on any atom is -0.263 e. The van der Waals surface area contributed by atoms with Crippen LogP contribution < -0.4 is 4.72 Å². The Morgan fingerprint density at radius 3 is 2.29 bits per heavy atom. The predicted octanol–water partition coefficient (Wildman–Crippen LogP) is 4.93. The maximum atomic E-state index is 13.2. The van der Waals surface area contributed by atoms with Gasteiger partial charge in [0.25, 0.3) is 10.0 Å². The largest absolute Gasteiger partial charge is 0.417 e. The average molecular weight is 428 g/mol. The quantitative estimate of drug-likeness (QED) is 0.599. The third kappa shape index (κ3) is 4.10. The molecule has 0 fully saturated rings. The Balaban J connectivity index is 2.11. The molecule has 10 heteroatoms. The average Bonchev–Trinajstić information content (AvgIpc) is 2.62. The number of nitrogens with one attached hydrogen (secondary N) is 1. The second-order valence-electron chi connectivity index (χ2n) is 5.85. The lowest BCUT2D eigenvalue weighted by molar-refractivity contribution is -0.139. The van der Waals surface area contributed by atoms with Crippen molar-refractivity contribution in [1.29, 1.82) is 0 Å². The van der Waals surface area contributed by atoms with Crippen LogP contribution in [0, 0.1) is 6.92 Å². The summed E-state index contributed by atoms with van der Waals surface area (Å²) in [5.41, 5.74) is 0.354. The van der Waals surface area contributed by atoms with Crippen molar-refractivity contribution >= 4 is 27.4 Å². The molecule has 0 spiro atoms. The highest BCUT2D eigenvalue weighted by Gasteiger charge is 2.37. The Hall–Kier alpha value is -2.65. The summed E-state index contributed by atoms with van der Waals surface area (Å²) >= 11 is 6.12. The number of hydrogen-bond donors (Lipinski definition) is 1. The van der Waals surface area contributed by atoms with Gasteiger partial charge in [-0.3, -0.25) is 4.72 Å². The molecule has 146 valence electrons. The SMILES string of the molecule is Cc1ccc(-c2c(Cl)ncnc2NS(=O)(=O)c2ccccc2C(F)(F)F)cc1. The van der Waals surface area contributed by atoms with Gasteiger partial charge in [-0.05, 0) is 24.6 Å². The number of nitrogens with zero attached hydrogens (tertiary/aromatic N) is 2. The lowest BCUT2D eigenvalue weighted by Gasteiger charge is -2.16. The van der Waals surface area contributed by atoms with Gasteiger partial charge in [0, 0.05) is 0 Å². The van der Waals surface area contributed by atoms with Gasteiger partial charge in [0.05, 0.1) is 16.0 Å². The minimum absolute atomic E-state index is 0.0411. The maximum absolute atomic E-state index is 13.2. The zero-order valence-corrected chi connectivity index (χ0v) is 15.9. The molecule has 3 aromatic rings. The van der Waals surface area contributed by atoms with E-state index in [1.165, 1.54) is 6.07 Å². The van der Waals surface area contributed by atoms with Gasteiger partial charge in [0.15, 0.2) is 5.82 Å². The molecule has 2 aromatic carbocycles. The van der Waals surface area contributed by atoms with E-state index in [9.17, 15) is 21.6 Å². The lowest BCUT2D eigenvalue weighted by atomic mass is 10.1. The zero-order valence-electron chi connectivity index (χ0n) is 14.3. The van der Waals surface area contributed by atoms with Crippen LogP contribution >= 0.6 is 11.6 Å². The van der Waals surface area contributed by atoms with Crippen LogP contribution in [0.15, 0.2) is 59.8 Å². The van der Waals surface area contributed by atoms with Crippen molar-refractivity contribution < 1.29 is 21.6 Å². The van der Waals surface area contributed by atoms with Crippen LogP contribution in [0.3, 0.4) is 0 Å². The summed E-state index contributed by atoms with van der Waals surface area (Å²) in [4.78, 5) is 6.80. The molecule has 1 heterocycles. The lowest BCUT2D eigenvalue weighted by Crippen LogP contribution is -2.20. The molecule has 0 atom stereocenters. The molecule has 1 N–H and O–H groups in total. The van der Waals surface area contributed by atoms with E-state index in [-0.39, 0.29) is 16.5 Å². The fraction of sp³-hybridized carbons (Fsp3) is 0.111. The van der Waals surface area contributed by atoms with Crippen LogP contribution in [0.4, 0.5) is 19.0 Å². The van der Waals surface area contributed by atoms with Crippen molar-refractivity contribution in [1.82, 2.24) is 9.97 Å². The van der Waals surface area contributed by atoms with Crippen molar-refractivity contribution in [2.45, 2.75) is 18.0 Å². The van der Waals surface area contributed by atoms with Crippen molar-refractivity contribution in [2.75, 3.05) is 4.72 Å². The van der Waals surface area contributed by atoms with Gasteiger partial charge in [-0.2, -0.15) is 13.2 Å². The summed E-state index contributed by atoms with van der Waals surface area (Å²) in [7, 11) is -4.60. The van der Waals surface area contributed by atoms with Crippen LogP contribution in [-0.2, 0) is 16.2 Å². The highest BCUT2D eigenvalue weighted by atomic mass is 35.5. The molecular formula is C18H13ClF3N3O2S. The van der Waals surface area contributed by atoms with Gasteiger partial charge in [0.1, 0.15) is 11.5 Å². The number of hydrogen-bond acceptors (Lipinski definition) is 4. The first-order valence-electron chi connectivity index (χ1n) is 7.86.